The van der Waals surface area contributed by atoms with Crippen molar-refractivity contribution in [2.75, 3.05) is 17.1 Å². The van der Waals surface area contributed by atoms with Crippen LogP contribution in [0, 0.1) is 22.9 Å². The van der Waals surface area contributed by atoms with Gasteiger partial charge in [0.2, 0.25) is 21.8 Å². The van der Waals surface area contributed by atoms with Gasteiger partial charge in [-0.05, 0) is 49.6 Å². The van der Waals surface area contributed by atoms with Crippen LogP contribution >= 0.6 is 0 Å². The number of nitro groups is 1. The normalized spacial score (nSPS) is 12.0. The molecule has 0 spiro atoms. The van der Waals surface area contributed by atoms with Gasteiger partial charge in [0.15, 0.2) is 0 Å². The zero-order chi connectivity index (χ0) is 30.3. The molecule has 0 heterocycles. The molecule has 2 amide bonds. The number of halogens is 1. The van der Waals surface area contributed by atoms with Gasteiger partial charge >= 0.3 is 0 Å². The molecule has 3 aromatic rings. The predicted octanol–water partition coefficient (Wildman–Crippen LogP) is 3.97. The Bertz CT molecular complexity index is 1500. The lowest BCUT2D eigenvalue weighted by atomic mass is 10.0. The Hall–Kier alpha value is -4.32. The second-order valence-electron chi connectivity index (χ2n) is 10.0. The van der Waals surface area contributed by atoms with Gasteiger partial charge in [0.1, 0.15) is 18.4 Å². The van der Waals surface area contributed by atoms with E-state index in [9.17, 15) is 32.5 Å². The van der Waals surface area contributed by atoms with Crippen molar-refractivity contribution in [3.05, 3.63) is 105 Å². The molecule has 10 nitrogen and oxygen atoms in total. The van der Waals surface area contributed by atoms with Crippen molar-refractivity contribution >= 4 is 33.2 Å². The van der Waals surface area contributed by atoms with Gasteiger partial charge in [-0.2, -0.15) is 0 Å². The second-order valence-corrected chi connectivity index (χ2v) is 11.9. The maximum Gasteiger partial charge on any atom is 0.271 e. The van der Waals surface area contributed by atoms with E-state index in [1.165, 1.54) is 41.3 Å². The van der Waals surface area contributed by atoms with Crippen LogP contribution in [-0.4, -0.2) is 54.9 Å². The molecular formula is C29H33FN4O6S. The highest BCUT2D eigenvalue weighted by Crippen LogP contribution is 2.28. The van der Waals surface area contributed by atoms with Gasteiger partial charge in [0, 0.05) is 31.1 Å². The summed E-state index contributed by atoms with van der Waals surface area (Å²) in [6.07, 6.45) is 1.02. The number of carbonyl (C=O) groups is 2. The monoisotopic (exact) mass is 584 g/mol. The third-order valence-electron chi connectivity index (χ3n) is 6.32. The van der Waals surface area contributed by atoms with Crippen LogP contribution in [0.25, 0.3) is 0 Å². The number of sulfonamides is 1. The highest BCUT2D eigenvalue weighted by atomic mass is 32.2. The first-order valence-electron chi connectivity index (χ1n) is 12.9. The SMILES string of the molecule is Cc1ccc([N+](=O)[O-])cc1N(CC(=O)N(Cc1ccc(F)cc1)[C@@H](Cc1ccccc1)C(=O)NC(C)C)S(C)(=O)=O. The number of nitrogens with one attached hydrogen (secondary N) is 1. The summed E-state index contributed by atoms with van der Waals surface area (Å²) in [4.78, 5) is 39.6. The van der Waals surface area contributed by atoms with E-state index in [1.807, 2.05) is 18.2 Å². The second kappa shape index (κ2) is 13.4. The summed E-state index contributed by atoms with van der Waals surface area (Å²) in [5, 5.41) is 14.2. The third-order valence-corrected chi connectivity index (χ3v) is 7.45. The Balaban J connectivity index is 2.10. The van der Waals surface area contributed by atoms with Crippen molar-refractivity contribution < 1.29 is 27.3 Å². The zero-order valence-corrected chi connectivity index (χ0v) is 24.1. The van der Waals surface area contributed by atoms with Crippen LogP contribution in [-0.2, 0) is 32.6 Å². The maximum absolute atomic E-state index is 14.0. The van der Waals surface area contributed by atoms with E-state index in [2.05, 4.69) is 5.32 Å². The summed E-state index contributed by atoms with van der Waals surface area (Å²) in [5.41, 5.74) is 1.32. The number of aryl methyl sites for hydroxylation is 1. The third kappa shape index (κ3) is 8.58. The minimum Gasteiger partial charge on any atom is -0.352 e. The van der Waals surface area contributed by atoms with E-state index in [4.69, 9.17) is 0 Å². The Morgan fingerprint density at radius 3 is 2.20 bits per heavy atom. The van der Waals surface area contributed by atoms with Crippen LogP contribution in [0.2, 0.25) is 0 Å². The average Bonchev–Trinajstić information content (AvgIpc) is 2.90. The van der Waals surface area contributed by atoms with Crippen molar-refractivity contribution in [1.82, 2.24) is 10.2 Å². The molecule has 12 heteroatoms. The number of carbonyl (C=O) groups excluding carboxylic acids is 2. The molecule has 0 aliphatic heterocycles. The number of amides is 2. The molecule has 1 atom stereocenters. The Kier molecular flexibility index (Phi) is 10.2. The molecule has 0 bridgehead atoms. The van der Waals surface area contributed by atoms with Crippen LogP contribution in [0.1, 0.15) is 30.5 Å². The number of nitrogens with zero attached hydrogens (tertiary/aromatic N) is 3. The van der Waals surface area contributed by atoms with E-state index < -0.39 is 45.2 Å². The van der Waals surface area contributed by atoms with Crippen LogP contribution in [0.15, 0.2) is 72.8 Å². The van der Waals surface area contributed by atoms with Gasteiger partial charge in [-0.3, -0.25) is 24.0 Å². The summed E-state index contributed by atoms with van der Waals surface area (Å²) in [5.74, 6) is -1.64. The molecule has 1 N–H and O–H groups in total. The fourth-order valence-electron chi connectivity index (χ4n) is 4.30. The number of rotatable bonds is 12. The summed E-state index contributed by atoms with van der Waals surface area (Å²) in [6, 6.07) is 16.9. The quantitative estimate of drug-likeness (QED) is 0.253. The number of anilines is 1. The Morgan fingerprint density at radius 2 is 1.63 bits per heavy atom. The molecule has 0 saturated heterocycles. The van der Waals surface area contributed by atoms with Gasteiger partial charge in [0.05, 0.1) is 16.9 Å². The van der Waals surface area contributed by atoms with Gasteiger partial charge in [-0.1, -0.05) is 48.5 Å². The fraction of sp³-hybridized carbons (Fsp3) is 0.310. The molecular weight excluding hydrogens is 551 g/mol. The standard InChI is InChI=1S/C29H33FN4O6S/c1-20(2)31-29(36)27(16-22-8-6-5-7-9-22)32(18-23-11-13-24(30)14-12-23)28(35)19-33(41(4,39)40)26-17-25(34(37)38)15-10-21(26)3/h5-15,17,20,27H,16,18-19H2,1-4H3,(H,31,36)/t27-/m0/s1. The van der Waals surface area contributed by atoms with E-state index >= 15 is 0 Å². The molecule has 0 aliphatic rings. The van der Waals surface area contributed by atoms with Crippen molar-refractivity contribution in [2.24, 2.45) is 0 Å². The molecule has 3 rings (SSSR count). The highest BCUT2D eigenvalue weighted by Gasteiger charge is 2.34. The first-order valence-corrected chi connectivity index (χ1v) is 14.7. The first kappa shape index (κ1) is 31.2. The van der Waals surface area contributed by atoms with Crippen molar-refractivity contribution in [3.8, 4) is 0 Å². The van der Waals surface area contributed by atoms with Crippen molar-refractivity contribution in [3.63, 3.8) is 0 Å². The Labute approximate surface area is 239 Å². The minimum absolute atomic E-state index is 0.0250. The van der Waals surface area contributed by atoms with Gasteiger partial charge < -0.3 is 10.2 Å². The lowest BCUT2D eigenvalue weighted by molar-refractivity contribution is -0.384. The number of hydrogen-bond acceptors (Lipinski definition) is 6. The van der Waals surface area contributed by atoms with Crippen molar-refractivity contribution in [2.45, 2.75) is 45.8 Å². The van der Waals surface area contributed by atoms with Crippen molar-refractivity contribution in [1.29, 1.82) is 0 Å². The highest BCUT2D eigenvalue weighted by molar-refractivity contribution is 7.92. The summed E-state index contributed by atoms with van der Waals surface area (Å²) < 4.78 is 40.3. The molecule has 0 aliphatic carbocycles. The van der Waals surface area contributed by atoms with Gasteiger partial charge in [-0.15, -0.1) is 0 Å². The lowest BCUT2D eigenvalue weighted by Crippen LogP contribution is -2.54. The minimum atomic E-state index is -4.10. The Morgan fingerprint density at radius 1 is 1.00 bits per heavy atom. The number of non-ortho nitro benzene ring substituents is 1. The molecule has 0 radical (unpaired) electrons. The van der Waals surface area contributed by atoms with Gasteiger partial charge in [-0.25, -0.2) is 12.8 Å². The smallest absolute Gasteiger partial charge is 0.271 e. The average molecular weight is 585 g/mol. The number of benzene rings is 3. The topological polar surface area (TPSA) is 130 Å². The van der Waals surface area contributed by atoms with Crippen LogP contribution in [0.3, 0.4) is 0 Å². The first-order chi connectivity index (χ1) is 19.3. The lowest BCUT2D eigenvalue weighted by Gasteiger charge is -2.34. The van der Waals surface area contributed by atoms with Gasteiger partial charge in [0.25, 0.3) is 5.69 Å². The molecule has 41 heavy (non-hydrogen) atoms. The number of nitro benzene ring substituents is 1. The number of hydrogen-bond donors (Lipinski definition) is 1. The molecule has 0 aromatic heterocycles. The molecule has 0 fully saturated rings. The molecule has 0 unspecified atom stereocenters. The van der Waals surface area contributed by atoms with E-state index in [-0.39, 0.29) is 30.4 Å². The van der Waals surface area contributed by atoms with Crippen LogP contribution < -0.4 is 9.62 Å². The zero-order valence-electron chi connectivity index (χ0n) is 23.3. The molecule has 0 saturated carbocycles. The fourth-order valence-corrected chi connectivity index (χ4v) is 5.19. The van der Waals surface area contributed by atoms with E-state index in [1.54, 1.807) is 32.9 Å². The van der Waals surface area contributed by atoms with E-state index in [0.29, 0.717) is 11.1 Å². The van der Waals surface area contributed by atoms with Crippen LogP contribution in [0.4, 0.5) is 15.8 Å². The largest absolute Gasteiger partial charge is 0.352 e. The summed E-state index contributed by atoms with van der Waals surface area (Å²) in [6.45, 7) is 4.29. The molecule has 3 aromatic carbocycles. The maximum atomic E-state index is 14.0. The van der Waals surface area contributed by atoms with E-state index in [0.717, 1.165) is 22.2 Å². The summed E-state index contributed by atoms with van der Waals surface area (Å²) in [7, 11) is -4.10. The summed E-state index contributed by atoms with van der Waals surface area (Å²) >= 11 is 0. The predicted molar refractivity (Wildman–Crippen MR) is 154 cm³/mol. The molecule has 218 valence electrons. The van der Waals surface area contributed by atoms with Crippen LogP contribution in [0.5, 0.6) is 0 Å².